The first-order valence-corrected chi connectivity index (χ1v) is 18.7. The number of anilines is 3. The molecule has 1 heterocycles. The van der Waals surface area contributed by atoms with Gasteiger partial charge in [0.15, 0.2) is 23.1 Å². The number of aromatic hydroxyl groups is 2. The molecular weight excluding hydrogens is 761 g/mol. The molecule has 0 aliphatic rings. The summed E-state index contributed by atoms with van der Waals surface area (Å²) in [5.74, 6) is -6.28. The number of benzene rings is 6. The summed E-state index contributed by atoms with van der Waals surface area (Å²) >= 11 is 3.13. The topological polar surface area (TPSA) is 107 Å². The molecule has 0 aliphatic carbocycles. The summed E-state index contributed by atoms with van der Waals surface area (Å²) in [4.78, 5) is 19.5. The molecule has 7 aromatic rings. The lowest BCUT2D eigenvalue weighted by Gasteiger charge is -2.13. The van der Waals surface area contributed by atoms with Crippen molar-refractivity contribution in [2.75, 3.05) is 16.0 Å². The maximum atomic E-state index is 13.5. The first-order valence-electron chi connectivity index (χ1n) is 17.1. The Morgan fingerprint density at radius 3 is 1.70 bits per heavy atom. The van der Waals surface area contributed by atoms with Crippen molar-refractivity contribution in [3.8, 4) is 11.5 Å². The number of fused-ring (bicyclic) bond motifs is 1. The van der Waals surface area contributed by atoms with Crippen LogP contribution in [-0.4, -0.2) is 21.1 Å². The highest BCUT2D eigenvalue weighted by atomic mass is 32.2. The van der Waals surface area contributed by atoms with E-state index in [-0.39, 0.29) is 17.3 Å². The first-order chi connectivity index (χ1) is 27.0. The van der Waals surface area contributed by atoms with Crippen LogP contribution >= 0.6 is 23.5 Å². The van der Waals surface area contributed by atoms with Crippen molar-refractivity contribution >= 4 is 57.4 Å². The Bertz CT molecular complexity index is 2490. The summed E-state index contributed by atoms with van der Waals surface area (Å²) in [5.41, 5.74) is 3.82. The van der Waals surface area contributed by atoms with E-state index >= 15 is 0 Å². The molecule has 0 fully saturated rings. The van der Waals surface area contributed by atoms with E-state index in [2.05, 4.69) is 20.9 Å². The number of hydrogen-bond acceptors (Lipinski definition) is 8. The number of amides is 1. The number of phenols is 2. The third kappa shape index (κ3) is 10.1. The van der Waals surface area contributed by atoms with Crippen LogP contribution in [0.5, 0.6) is 11.5 Å². The second-order valence-electron chi connectivity index (χ2n) is 12.2. The van der Waals surface area contributed by atoms with Crippen LogP contribution in [0.25, 0.3) is 10.9 Å². The summed E-state index contributed by atoms with van der Waals surface area (Å²) in [6, 6.07) is 37.5. The highest BCUT2D eigenvalue weighted by Gasteiger charge is 2.15. The van der Waals surface area contributed by atoms with Crippen LogP contribution in [0.15, 0.2) is 153 Å². The van der Waals surface area contributed by atoms with Gasteiger partial charge in [-0.15, -0.1) is 0 Å². The largest absolute Gasteiger partial charge is 0.503 e. The van der Waals surface area contributed by atoms with Gasteiger partial charge in [-0.3, -0.25) is 9.78 Å². The number of rotatable bonds is 11. The third-order valence-electron chi connectivity index (χ3n) is 8.23. The van der Waals surface area contributed by atoms with Gasteiger partial charge in [0.2, 0.25) is 17.5 Å². The molecule has 1 aromatic heterocycles. The second-order valence-corrected chi connectivity index (χ2v) is 14.4. The molecule has 6 aromatic carbocycles. The number of hydrogen-bond donors (Lipinski definition) is 5. The van der Waals surface area contributed by atoms with Gasteiger partial charge in [0.05, 0.1) is 16.9 Å². The first kappa shape index (κ1) is 39.5. The van der Waals surface area contributed by atoms with Gasteiger partial charge in [0.25, 0.3) is 0 Å². The fourth-order valence-electron chi connectivity index (χ4n) is 5.42. The maximum Gasteiger partial charge on any atom is 0.221 e. The normalized spacial score (nSPS) is 10.7. The van der Waals surface area contributed by atoms with Crippen molar-refractivity contribution in [1.82, 2.24) is 4.98 Å². The lowest BCUT2D eigenvalue weighted by atomic mass is 10.2. The predicted octanol–water partition coefficient (Wildman–Crippen LogP) is 11.4. The van der Waals surface area contributed by atoms with Crippen LogP contribution in [0.2, 0.25) is 0 Å². The van der Waals surface area contributed by atoms with E-state index in [0.29, 0.717) is 13.1 Å². The van der Waals surface area contributed by atoms with E-state index in [9.17, 15) is 32.6 Å². The van der Waals surface area contributed by atoms with E-state index in [4.69, 9.17) is 0 Å². The summed E-state index contributed by atoms with van der Waals surface area (Å²) < 4.78 is 53.3. The molecule has 7 nitrogen and oxygen atoms in total. The average molecular weight is 795 g/mol. The monoisotopic (exact) mass is 794 g/mol. The van der Waals surface area contributed by atoms with Gasteiger partial charge in [-0.05, 0) is 90.0 Å². The Hall–Kier alpha value is -6.18. The molecule has 0 saturated carbocycles. The molecule has 0 aliphatic heterocycles. The minimum absolute atomic E-state index is 0.123. The second kappa shape index (κ2) is 18.4. The van der Waals surface area contributed by atoms with Crippen LogP contribution < -0.4 is 16.0 Å². The summed E-state index contributed by atoms with van der Waals surface area (Å²) in [6.07, 6.45) is 1.77. The van der Waals surface area contributed by atoms with Crippen LogP contribution in [0, 0.1) is 23.3 Å². The van der Waals surface area contributed by atoms with Crippen LogP contribution in [-0.2, 0) is 17.9 Å². The van der Waals surface area contributed by atoms with Crippen molar-refractivity contribution in [2.45, 2.75) is 39.6 Å². The molecule has 0 spiro atoms. The highest BCUT2D eigenvalue weighted by molar-refractivity contribution is 7.99. The zero-order valence-electron chi connectivity index (χ0n) is 29.7. The zero-order valence-corrected chi connectivity index (χ0v) is 31.3. The number of nitrogens with zero attached hydrogens (tertiary/aromatic N) is 1. The quantitative estimate of drug-likeness (QED) is 0.0651. The number of phenolic OH excluding ortho intramolecular Hbond substituents is 2. The summed E-state index contributed by atoms with van der Waals surface area (Å²) in [7, 11) is 0. The standard InChI is InChI=1S/C22H16F2N2OS.C21H18F2N2O2S/c23-17-9-10-18(22(27)21(17)24)26-13-15-4-1-2-6-20(15)28-16-8-7-14-5-3-11-25-19(14)12-16;1-13(26)25-15-6-8-16(9-7-15)28-19-5-3-2-4-14(19)12-24-18-11-10-17(22)20(23)21(18)27/h1-12,26-27H,13H2;2-11,24,27H,12H2,1H3,(H,25,26). The SMILES string of the molecule is CC(=O)Nc1ccc(Sc2ccccc2CNc2ccc(F)c(F)c2O)cc1.Oc1c(NCc2ccccc2Sc2ccc3cccnc3c2)ccc(F)c1F. The van der Waals surface area contributed by atoms with Crippen molar-refractivity contribution in [3.05, 3.63) is 168 Å². The molecule has 0 unspecified atom stereocenters. The fraction of sp³-hybridized carbons (Fsp3) is 0.0698. The van der Waals surface area contributed by atoms with Gasteiger partial charge in [0, 0.05) is 56.9 Å². The number of carbonyl (C=O) groups excluding carboxylic acids is 1. The van der Waals surface area contributed by atoms with Gasteiger partial charge in [0.1, 0.15) is 0 Å². The van der Waals surface area contributed by atoms with Crippen LogP contribution in [0.3, 0.4) is 0 Å². The van der Waals surface area contributed by atoms with Crippen molar-refractivity contribution in [3.63, 3.8) is 0 Å². The van der Waals surface area contributed by atoms with Gasteiger partial charge in [-0.2, -0.15) is 8.78 Å². The van der Waals surface area contributed by atoms with E-state index in [1.165, 1.54) is 30.8 Å². The highest BCUT2D eigenvalue weighted by Crippen LogP contribution is 2.35. The van der Waals surface area contributed by atoms with E-state index in [1.54, 1.807) is 18.0 Å². The smallest absolute Gasteiger partial charge is 0.221 e. The van der Waals surface area contributed by atoms with Crippen molar-refractivity contribution < 1.29 is 32.6 Å². The lowest BCUT2D eigenvalue weighted by molar-refractivity contribution is -0.114. The lowest BCUT2D eigenvalue weighted by Crippen LogP contribution is -2.05. The number of carbonyl (C=O) groups is 1. The molecule has 13 heteroatoms. The molecular formula is C43H34F4N4O3S2. The van der Waals surface area contributed by atoms with Gasteiger partial charge in [-0.1, -0.05) is 72.1 Å². The molecule has 284 valence electrons. The third-order valence-corrected chi connectivity index (χ3v) is 10.5. The van der Waals surface area contributed by atoms with E-state index in [0.717, 1.165) is 59.4 Å². The van der Waals surface area contributed by atoms with Gasteiger partial charge >= 0.3 is 0 Å². The molecule has 0 radical (unpaired) electrons. The van der Waals surface area contributed by atoms with Crippen LogP contribution in [0.4, 0.5) is 34.6 Å². The molecule has 5 N–H and O–H groups in total. The minimum atomic E-state index is -1.27. The Morgan fingerprint density at radius 2 is 1.14 bits per heavy atom. The molecule has 0 atom stereocenters. The fourth-order valence-corrected chi connectivity index (χ4v) is 7.34. The van der Waals surface area contributed by atoms with E-state index < -0.39 is 34.8 Å². The number of halogens is 4. The number of nitrogens with one attached hydrogen (secondary N) is 3. The summed E-state index contributed by atoms with van der Waals surface area (Å²) in [6.45, 7) is 2.14. The minimum Gasteiger partial charge on any atom is -0.503 e. The molecule has 1 amide bonds. The van der Waals surface area contributed by atoms with Crippen LogP contribution in [0.1, 0.15) is 18.1 Å². The number of aromatic nitrogens is 1. The van der Waals surface area contributed by atoms with Crippen molar-refractivity contribution in [1.29, 1.82) is 0 Å². The Labute approximate surface area is 328 Å². The summed E-state index contributed by atoms with van der Waals surface area (Å²) in [5, 5.41) is 29.2. The molecule has 7 rings (SSSR count). The molecule has 0 saturated heterocycles. The molecule has 56 heavy (non-hydrogen) atoms. The Balaban J connectivity index is 0.000000190. The Morgan fingerprint density at radius 1 is 0.625 bits per heavy atom. The predicted molar refractivity (Wildman–Crippen MR) is 214 cm³/mol. The average Bonchev–Trinajstić information content (AvgIpc) is 3.20. The number of pyridine rings is 1. The van der Waals surface area contributed by atoms with E-state index in [1.807, 2.05) is 103 Å². The van der Waals surface area contributed by atoms with Gasteiger partial charge in [-0.25, -0.2) is 8.78 Å². The Kier molecular flexibility index (Phi) is 13.0. The zero-order chi connectivity index (χ0) is 39.6. The molecule has 0 bridgehead atoms. The van der Waals surface area contributed by atoms with Gasteiger partial charge < -0.3 is 26.2 Å². The van der Waals surface area contributed by atoms with Crippen molar-refractivity contribution in [2.24, 2.45) is 0 Å². The maximum absolute atomic E-state index is 13.5.